The highest BCUT2D eigenvalue weighted by atomic mass is 16.5. The van der Waals surface area contributed by atoms with Gasteiger partial charge < -0.3 is 19.4 Å². The van der Waals surface area contributed by atoms with Gasteiger partial charge >= 0.3 is 0 Å². The van der Waals surface area contributed by atoms with Gasteiger partial charge in [0.2, 0.25) is 5.91 Å². The molecular formula is C23H22N4O3. The van der Waals surface area contributed by atoms with E-state index in [0.29, 0.717) is 44.1 Å². The van der Waals surface area contributed by atoms with E-state index < -0.39 is 6.04 Å². The summed E-state index contributed by atoms with van der Waals surface area (Å²) < 4.78 is 11.4. The quantitative estimate of drug-likeness (QED) is 0.552. The van der Waals surface area contributed by atoms with Crippen LogP contribution in [0, 0.1) is 0 Å². The molecule has 3 heterocycles. The fourth-order valence-corrected chi connectivity index (χ4v) is 3.85. The number of ether oxygens (including phenoxy) is 1. The van der Waals surface area contributed by atoms with Gasteiger partial charge in [-0.25, -0.2) is 9.97 Å². The van der Waals surface area contributed by atoms with Crippen LogP contribution in [0.3, 0.4) is 0 Å². The zero-order chi connectivity index (χ0) is 20.3. The number of rotatable bonds is 5. The predicted molar refractivity (Wildman–Crippen MR) is 114 cm³/mol. The topological polar surface area (TPSA) is 80.5 Å². The van der Waals surface area contributed by atoms with Crippen molar-refractivity contribution in [1.82, 2.24) is 14.9 Å². The number of nitrogens with zero attached hydrogens (tertiary/aromatic N) is 3. The number of fused-ring (bicyclic) bond motifs is 3. The Morgan fingerprint density at radius 2 is 1.80 bits per heavy atom. The lowest BCUT2D eigenvalue weighted by molar-refractivity contribution is -0.136. The molecule has 1 atom stereocenters. The normalized spacial score (nSPS) is 15.4. The van der Waals surface area contributed by atoms with Crippen LogP contribution in [0.5, 0.6) is 0 Å². The van der Waals surface area contributed by atoms with Crippen LogP contribution in [0.1, 0.15) is 5.56 Å². The number of furan rings is 1. The molecule has 2 aromatic heterocycles. The van der Waals surface area contributed by atoms with E-state index in [1.807, 2.05) is 59.5 Å². The van der Waals surface area contributed by atoms with Crippen LogP contribution < -0.4 is 5.32 Å². The second kappa shape index (κ2) is 8.12. The van der Waals surface area contributed by atoms with Gasteiger partial charge in [0.25, 0.3) is 0 Å². The highest BCUT2D eigenvalue weighted by molar-refractivity contribution is 6.05. The van der Waals surface area contributed by atoms with E-state index in [4.69, 9.17) is 9.15 Å². The van der Waals surface area contributed by atoms with Crippen molar-refractivity contribution in [2.24, 2.45) is 0 Å². The van der Waals surface area contributed by atoms with Crippen LogP contribution in [0.4, 0.5) is 5.82 Å². The monoisotopic (exact) mass is 402 g/mol. The Labute approximate surface area is 173 Å². The summed E-state index contributed by atoms with van der Waals surface area (Å²) in [5, 5.41) is 4.28. The maximum atomic E-state index is 13.3. The molecule has 30 heavy (non-hydrogen) atoms. The summed E-state index contributed by atoms with van der Waals surface area (Å²) in [4.78, 5) is 24.0. The van der Waals surface area contributed by atoms with E-state index in [0.717, 1.165) is 22.0 Å². The van der Waals surface area contributed by atoms with Gasteiger partial charge in [0.15, 0.2) is 11.4 Å². The number of para-hydroxylation sites is 1. The first kappa shape index (κ1) is 18.6. The second-order valence-corrected chi connectivity index (χ2v) is 7.32. The second-order valence-electron chi connectivity index (χ2n) is 7.32. The third-order valence-electron chi connectivity index (χ3n) is 5.37. The predicted octanol–water partition coefficient (Wildman–Crippen LogP) is 3.26. The van der Waals surface area contributed by atoms with Gasteiger partial charge in [0, 0.05) is 24.9 Å². The van der Waals surface area contributed by atoms with Crippen molar-refractivity contribution >= 4 is 33.8 Å². The van der Waals surface area contributed by atoms with Crippen LogP contribution in [-0.4, -0.2) is 53.1 Å². The van der Waals surface area contributed by atoms with Crippen molar-refractivity contribution in [2.45, 2.75) is 12.5 Å². The summed E-state index contributed by atoms with van der Waals surface area (Å²) in [7, 11) is 0. The zero-order valence-electron chi connectivity index (χ0n) is 16.5. The fraction of sp³-hybridized carbons (Fsp3) is 0.261. The van der Waals surface area contributed by atoms with Crippen LogP contribution >= 0.6 is 0 Å². The number of morpholine rings is 1. The van der Waals surface area contributed by atoms with E-state index in [1.54, 1.807) is 0 Å². The SMILES string of the molecule is O=C(C(Cc1ccccc1)Nc1ncnc2c1oc1ccccc12)N1CCOCC1. The molecule has 5 rings (SSSR count). The van der Waals surface area contributed by atoms with E-state index in [2.05, 4.69) is 15.3 Å². The third-order valence-corrected chi connectivity index (χ3v) is 5.37. The first-order chi connectivity index (χ1) is 14.8. The molecule has 0 radical (unpaired) electrons. The Morgan fingerprint density at radius 1 is 1.03 bits per heavy atom. The molecule has 4 aromatic rings. The molecule has 1 unspecified atom stereocenters. The molecule has 1 aliphatic rings. The van der Waals surface area contributed by atoms with E-state index in [-0.39, 0.29) is 5.91 Å². The van der Waals surface area contributed by atoms with Gasteiger partial charge in [-0.2, -0.15) is 0 Å². The fourth-order valence-electron chi connectivity index (χ4n) is 3.85. The van der Waals surface area contributed by atoms with Crippen molar-refractivity contribution in [3.63, 3.8) is 0 Å². The largest absolute Gasteiger partial charge is 0.450 e. The molecule has 0 spiro atoms. The molecule has 2 aromatic carbocycles. The van der Waals surface area contributed by atoms with Gasteiger partial charge in [-0.05, 0) is 17.7 Å². The summed E-state index contributed by atoms with van der Waals surface area (Å²) in [5.74, 6) is 0.559. The smallest absolute Gasteiger partial charge is 0.245 e. The molecule has 7 nitrogen and oxygen atoms in total. The lowest BCUT2D eigenvalue weighted by Gasteiger charge is -2.31. The number of amides is 1. The molecular weight excluding hydrogens is 380 g/mol. The molecule has 152 valence electrons. The first-order valence-electron chi connectivity index (χ1n) is 10.1. The van der Waals surface area contributed by atoms with Crippen molar-refractivity contribution < 1.29 is 13.9 Å². The number of nitrogens with one attached hydrogen (secondary N) is 1. The molecule has 1 saturated heterocycles. The molecule has 7 heteroatoms. The maximum absolute atomic E-state index is 13.3. The highest BCUT2D eigenvalue weighted by Crippen LogP contribution is 2.30. The number of carbonyl (C=O) groups is 1. The van der Waals surface area contributed by atoms with E-state index in [9.17, 15) is 4.79 Å². The molecule has 0 aliphatic carbocycles. The Balaban J connectivity index is 1.50. The van der Waals surface area contributed by atoms with Gasteiger partial charge in [-0.1, -0.05) is 42.5 Å². The van der Waals surface area contributed by atoms with Gasteiger partial charge in [0.05, 0.1) is 13.2 Å². The average molecular weight is 402 g/mol. The number of hydrogen-bond acceptors (Lipinski definition) is 6. The summed E-state index contributed by atoms with van der Waals surface area (Å²) in [6, 6.07) is 17.3. The first-order valence-corrected chi connectivity index (χ1v) is 10.1. The molecule has 1 fully saturated rings. The lowest BCUT2D eigenvalue weighted by atomic mass is 10.0. The van der Waals surface area contributed by atoms with Crippen molar-refractivity contribution in [1.29, 1.82) is 0 Å². The van der Waals surface area contributed by atoms with Gasteiger partial charge in [0.1, 0.15) is 23.5 Å². The molecule has 1 N–H and O–H groups in total. The highest BCUT2D eigenvalue weighted by Gasteiger charge is 2.27. The van der Waals surface area contributed by atoms with Gasteiger partial charge in [-0.15, -0.1) is 0 Å². The molecule has 1 aliphatic heterocycles. The number of hydrogen-bond donors (Lipinski definition) is 1. The Hall–Kier alpha value is -3.45. The van der Waals surface area contributed by atoms with Gasteiger partial charge in [-0.3, -0.25) is 4.79 Å². The van der Waals surface area contributed by atoms with E-state index in [1.165, 1.54) is 6.33 Å². The number of anilines is 1. The van der Waals surface area contributed by atoms with Crippen molar-refractivity contribution in [3.8, 4) is 0 Å². The Bertz CT molecular complexity index is 1170. The minimum Gasteiger partial charge on any atom is -0.450 e. The van der Waals surface area contributed by atoms with Crippen molar-refractivity contribution in [3.05, 3.63) is 66.5 Å². The standard InChI is InChI=1S/C23H22N4O3/c28-23(27-10-12-29-13-11-27)18(14-16-6-2-1-3-7-16)26-22-21-20(24-15-25-22)17-8-4-5-9-19(17)30-21/h1-9,15,18H,10-14H2,(H,24,25,26). The Morgan fingerprint density at radius 3 is 2.63 bits per heavy atom. The maximum Gasteiger partial charge on any atom is 0.245 e. The molecule has 0 saturated carbocycles. The van der Waals surface area contributed by atoms with E-state index >= 15 is 0 Å². The van der Waals surface area contributed by atoms with Crippen molar-refractivity contribution in [2.75, 3.05) is 31.6 Å². The van der Waals surface area contributed by atoms with Crippen LogP contribution in [0.15, 0.2) is 65.3 Å². The minimum absolute atomic E-state index is 0.0324. The minimum atomic E-state index is -0.475. The zero-order valence-corrected chi connectivity index (χ0v) is 16.5. The van der Waals surface area contributed by atoms with Crippen LogP contribution in [0.2, 0.25) is 0 Å². The summed E-state index contributed by atoms with van der Waals surface area (Å²) in [6.45, 7) is 2.31. The summed E-state index contributed by atoms with van der Waals surface area (Å²) >= 11 is 0. The lowest BCUT2D eigenvalue weighted by Crippen LogP contribution is -2.48. The number of carbonyl (C=O) groups excluding carboxylic acids is 1. The average Bonchev–Trinajstić information content (AvgIpc) is 3.19. The number of aromatic nitrogens is 2. The Kier molecular flexibility index (Phi) is 5.03. The summed E-state index contributed by atoms with van der Waals surface area (Å²) in [6.07, 6.45) is 2.05. The molecule has 0 bridgehead atoms. The summed E-state index contributed by atoms with van der Waals surface area (Å²) in [5.41, 5.74) is 3.12. The molecule has 1 amide bonds. The van der Waals surface area contributed by atoms with Crippen LogP contribution in [0.25, 0.3) is 22.1 Å². The van der Waals surface area contributed by atoms with Crippen LogP contribution in [-0.2, 0) is 16.0 Å². The number of benzene rings is 2. The third kappa shape index (κ3) is 3.59.